The van der Waals surface area contributed by atoms with Gasteiger partial charge in [-0.3, -0.25) is 9.59 Å². The molecule has 1 aliphatic heterocycles. The van der Waals surface area contributed by atoms with E-state index < -0.39 is 0 Å². The van der Waals surface area contributed by atoms with E-state index in [1.807, 2.05) is 55.1 Å². The van der Waals surface area contributed by atoms with Crippen molar-refractivity contribution >= 4 is 11.8 Å². The van der Waals surface area contributed by atoms with Gasteiger partial charge in [-0.1, -0.05) is 30.3 Å². The number of carbonyl (C=O) groups excluding carboxylic acids is 2. The summed E-state index contributed by atoms with van der Waals surface area (Å²) in [6.45, 7) is 5.57. The summed E-state index contributed by atoms with van der Waals surface area (Å²) in [6, 6.07) is 11.7. The molecule has 1 fully saturated rings. The van der Waals surface area contributed by atoms with Gasteiger partial charge in [0.2, 0.25) is 5.91 Å². The van der Waals surface area contributed by atoms with Crippen molar-refractivity contribution in [3.63, 3.8) is 0 Å². The molecule has 1 saturated heterocycles. The van der Waals surface area contributed by atoms with E-state index in [4.69, 9.17) is 5.73 Å². The summed E-state index contributed by atoms with van der Waals surface area (Å²) in [5, 5.41) is 9.50. The molecule has 1 heterocycles. The van der Waals surface area contributed by atoms with Crippen LogP contribution in [-0.4, -0.2) is 40.7 Å². The average Bonchev–Trinajstić information content (AvgIpc) is 2.64. The minimum atomic E-state index is -0.279. The molecule has 2 N–H and O–H groups in total. The zero-order valence-corrected chi connectivity index (χ0v) is 15.4. The molecule has 0 aromatic heterocycles. The van der Waals surface area contributed by atoms with E-state index >= 15 is 0 Å². The van der Waals surface area contributed by atoms with Crippen molar-refractivity contribution in [2.75, 3.05) is 13.1 Å². The number of likely N-dealkylation sites (tertiary alicyclic amines) is 1. The van der Waals surface area contributed by atoms with Gasteiger partial charge in [0.1, 0.15) is 11.6 Å². The number of piperidine rings is 1. The van der Waals surface area contributed by atoms with E-state index in [-0.39, 0.29) is 29.3 Å². The summed E-state index contributed by atoms with van der Waals surface area (Å²) < 4.78 is 0. The first-order chi connectivity index (χ1) is 12.4. The van der Waals surface area contributed by atoms with Gasteiger partial charge >= 0.3 is 0 Å². The predicted molar refractivity (Wildman–Crippen MR) is 99.3 cm³/mol. The molecule has 0 aliphatic carbocycles. The summed E-state index contributed by atoms with van der Waals surface area (Å²) in [5.41, 5.74) is 6.49. The predicted octanol–water partition coefficient (Wildman–Crippen LogP) is 2.03. The van der Waals surface area contributed by atoms with E-state index in [0.717, 1.165) is 5.56 Å². The maximum absolute atomic E-state index is 12.9. The third kappa shape index (κ3) is 5.09. The van der Waals surface area contributed by atoms with Crippen LogP contribution in [0.5, 0.6) is 0 Å². The van der Waals surface area contributed by atoms with Crippen molar-refractivity contribution in [3.8, 4) is 6.07 Å². The van der Waals surface area contributed by atoms with E-state index in [1.54, 1.807) is 11.1 Å². The van der Waals surface area contributed by atoms with Gasteiger partial charge in [-0.2, -0.15) is 5.26 Å². The molecular formula is C20H26N4O2. The van der Waals surface area contributed by atoms with E-state index in [0.29, 0.717) is 32.5 Å². The normalized spacial score (nSPS) is 15.6. The number of amides is 2. The molecular weight excluding hydrogens is 328 g/mol. The third-order valence-electron chi connectivity index (χ3n) is 4.67. The highest BCUT2D eigenvalue weighted by molar-refractivity contribution is 5.97. The Hall–Kier alpha value is -2.81. The number of nitrogens with two attached hydrogens (primary N) is 1. The number of benzene rings is 1. The van der Waals surface area contributed by atoms with Crippen LogP contribution in [0, 0.1) is 17.2 Å². The molecule has 2 amide bonds. The molecule has 0 bridgehead atoms. The number of nitrogens with zero attached hydrogens (tertiary/aromatic N) is 3. The molecule has 0 spiro atoms. The highest BCUT2D eigenvalue weighted by Crippen LogP contribution is 2.19. The molecule has 6 nitrogen and oxygen atoms in total. The molecule has 1 aromatic carbocycles. The van der Waals surface area contributed by atoms with Crippen molar-refractivity contribution in [2.45, 2.75) is 39.3 Å². The van der Waals surface area contributed by atoms with Crippen LogP contribution in [0.25, 0.3) is 0 Å². The van der Waals surface area contributed by atoms with Crippen molar-refractivity contribution in [2.24, 2.45) is 11.7 Å². The minimum absolute atomic E-state index is 0.0277. The van der Waals surface area contributed by atoms with Crippen molar-refractivity contribution < 1.29 is 9.59 Å². The lowest BCUT2D eigenvalue weighted by Crippen LogP contribution is -2.39. The second-order valence-corrected chi connectivity index (χ2v) is 6.88. The summed E-state index contributed by atoms with van der Waals surface area (Å²) >= 11 is 0. The van der Waals surface area contributed by atoms with E-state index in [2.05, 4.69) is 0 Å². The summed E-state index contributed by atoms with van der Waals surface area (Å²) in [7, 11) is 0. The van der Waals surface area contributed by atoms with Gasteiger partial charge in [0.25, 0.3) is 5.91 Å². The quantitative estimate of drug-likeness (QED) is 0.625. The summed E-state index contributed by atoms with van der Waals surface area (Å²) in [4.78, 5) is 27.8. The zero-order valence-electron chi connectivity index (χ0n) is 15.4. The molecule has 0 unspecified atom stereocenters. The zero-order chi connectivity index (χ0) is 19.1. The van der Waals surface area contributed by atoms with Gasteiger partial charge in [-0.25, -0.2) is 0 Å². The number of hydrogen-bond acceptors (Lipinski definition) is 4. The van der Waals surface area contributed by atoms with Gasteiger partial charge < -0.3 is 15.5 Å². The first-order valence-electron chi connectivity index (χ1n) is 8.92. The van der Waals surface area contributed by atoms with Gasteiger partial charge in [0.05, 0.1) is 0 Å². The molecule has 0 saturated carbocycles. The van der Waals surface area contributed by atoms with Crippen LogP contribution in [0.3, 0.4) is 0 Å². The van der Waals surface area contributed by atoms with Crippen LogP contribution in [0.15, 0.2) is 42.1 Å². The number of carbonyl (C=O) groups is 2. The number of nitriles is 1. The summed E-state index contributed by atoms with van der Waals surface area (Å²) in [6.07, 6.45) is 2.92. The van der Waals surface area contributed by atoms with E-state index in [1.165, 1.54) is 0 Å². The smallest absolute Gasteiger partial charge is 0.266 e. The van der Waals surface area contributed by atoms with Crippen molar-refractivity contribution in [1.82, 2.24) is 9.80 Å². The SMILES string of the molecule is CC(C)N(Cc1ccccc1)C(=O)/C(C#N)=C\N1CCC(C(N)=O)CC1. The summed E-state index contributed by atoms with van der Waals surface area (Å²) in [5.74, 6) is -0.673. The Morgan fingerprint density at radius 1 is 1.31 bits per heavy atom. The van der Waals surface area contributed by atoms with Gasteiger partial charge in [-0.15, -0.1) is 0 Å². The Balaban J connectivity index is 2.10. The fraction of sp³-hybridized carbons (Fsp3) is 0.450. The van der Waals surface area contributed by atoms with Gasteiger partial charge in [-0.05, 0) is 32.3 Å². The highest BCUT2D eigenvalue weighted by atomic mass is 16.2. The Bertz CT molecular complexity index is 698. The number of rotatable bonds is 6. The molecule has 138 valence electrons. The average molecular weight is 354 g/mol. The first-order valence-corrected chi connectivity index (χ1v) is 8.92. The van der Waals surface area contributed by atoms with Gasteiger partial charge in [0, 0.05) is 37.8 Å². The molecule has 26 heavy (non-hydrogen) atoms. The van der Waals surface area contributed by atoms with Crippen LogP contribution in [0.2, 0.25) is 0 Å². The molecule has 1 aromatic rings. The van der Waals surface area contributed by atoms with Crippen LogP contribution >= 0.6 is 0 Å². The molecule has 6 heteroatoms. The molecule has 0 radical (unpaired) electrons. The van der Waals surface area contributed by atoms with Crippen LogP contribution in [0.4, 0.5) is 0 Å². The van der Waals surface area contributed by atoms with Crippen LogP contribution in [-0.2, 0) is 16.1 Å². The topological polar surface area (TPSA) is 90.4 Å². The second-order valence-electron chi connectivity index (χ2n) is 6.88. The lowest BCUT2D eigenvalue weighted by molar-refractivity contribution is -0.129. The monoisotopic (exact) mass is 354 g/mol. The maximum atomic E-state index is 12.9. The fourth-order valence-electron chi connectivity index (χ4n) is 3.05. The Morgan fingerprint density at radius 3 is 2.42 bits per heavy atom. The van der Waals surface area contributed by atoms with Crippen LogP contribution < -0.4 is 5.73 Å². The van der Waals surface area contributed by atoms with E-state index in [9.17, 15) is 14.9 Å². The lowest BCUT2D eigenvalue weighted by atomic mass is 9.96. The van der Waals surface area contributed by atoms with Gasteiger partial charge in [0.15, 0.2) is 0 Å². The Labute approximate surface area is 154 Å². The standard InChI is InChI=1S/C20H26N4O2/c1-15(2)24(13-16-6-4-3-5-7-16)20(26)18(12-21)14-23-10-8-17(9-11-23)19(22)25/h3-7,14-15,17H,8-11,13H2,1-2H3,(H2,22,25)/b18-14-. The number of primary amides is 1. The Kier molecular flexibility index (Phi) is 6.79. The minimum Gasteiger partial charge on any atom is -0.376 e. The van der Waals surface area contributed by atoms with Crippen molar-refractivity contribution in [1.29, 1.82) is 5.26 Å². The lowest BCUT2D eigenvalue weighted by Gasteiger charge is -2.31. The molecule has 0 atom stereocenters. The third-order valence-corrected chi connectivity index (χ3v) is 4.67. The second kappa shape index (κ2) is 9.04. The molecule has 2 rings (SSSR count). The maximum Gasteiger partial charge on any atom is 0.266 e. The number of hydrogen-bond donors (Lipinski definition) is 1. The first kappa shape index (κ1) is 19.5. The van der Waals surface area contributed by atoms with Crippen LogP contribution in [0.1, 0.15) is 32.3 Å². The van der Waals surface area contributed by atoms with Crippen molar-refractivity contribution in [3.05, 3.63) is 47.7 Å². The highest BCUT2D eigenvalue weighted by Gasteiger charge is 2.25. The fourth-order valence-corrected chi connectivity index (χ4v) is 3.05. The largest absolute Gasteiger partial charge is 0.376 e. The Morgan fingerprint density at radius 2 is 1.92 bits per heavy atom. The molecule has 1 aliphatic rings.